The van der Waals surface area contributed by atoms with Crippen LogP contribution in [0.5, 0.6) is 0 Å². The zero-order chi connectivity index (χ0) is 20.3. The van der Waals surface area contributed by atoms with Gasteiger partial charge in [-0.2, -0.15) is 4.31 Å². The molecular formula is C16H21ClN6O3S2. The number of carbonyl (C=O) groups is 1. The van der Waals surface area contributed by atoms with Gasteiger partial charge >= 0.3 is 0 Å². The Morgan fingerprint density at radius 1 is 1.29 bits per heavy atom. The van der Waals surface area contributed by atoms with Crippen LogP contribution in [0.15, 0.2) is 28.3 Å². The van der Waals surface area contributed by atoms with Crippen LogP contribution in [0.4, 0.5) is 5.69 Å². The standard InChI is InChI=1S/C16H21ClN6O3S2/c1-11(27-16-19-20-21-22(16)2)15(24)18-14-10-12(6-7-13(14)17)28(25,26)23-8-4-3-5-9-23/h6-7,10-11H,3-5,8-9H2,1-2H3,(H,18,24). The monoisotopic (exact) mass is 444 g/mol. The molecule has 1 aromatic carbocycles. The summed E-state index contributed by atoms with van der Waals surface area (Å²) in [6.45, 7) is 2.72. The lowest BCUT2D eigenvalue weighted by Gasteiger charge is -2.26. The molecule has 28 heavy (non-hydrogen) atoms. The Labute approximate surface area is 172 Å². The summed E-state index contributed by atoms with van der Waals surface area (Å²) in [7, 11) is -1.94. The number of halogens is 1. The SMILES string of the molecule is CC(Sc1nnnn1C)C(=O)Nc1cc(S(=O)(=O)N2CCCCC2)ccc1Cl. The lowest BCUT2D eigenvalue weighted by molar-refractivity contribution is -0.115. The molecule has 1 atom stereocenters. The molecule has 1 aromatic heterocycles. The van der Waals surface area contributed by atoms with Crippen molar-refractivity contribution in [3.8, 4) is 0 Å². The van der Waals surface area contributed by atoms with Crippen LogP contribution in [0.2, 0.25) is 5.02 Å². The van der Waals surface area contributed by atoms with E-state index in [4.69, 9.17) is 11.6 Å². The fourth-order valence-corrected chi connectivity index (χ4v) is 5.25. The van der Waals surface area contributed by atoms with E-state index in [1.165, 1.54) is 38.9 Å². The number of nitrogens with one attached hydrogen (secondary N) is 1. The van der Waals surface area contributed by atoms with Gasteiger partial charge in [-0.05, 0) is 48.4 Å². The van der Waals surface area contributed by atoms with Crippen molar-refractivity contribution in [3.63, 3.8) is 0 Å². The van der Waals surface area contributed by atoms with Crippen LogP contribution < -0.4 is 5.32 Å². The van der Waals surface area contributed by atoms with E-state index in [1.54, 1.807) is 14.0 Å². The number of aromatic nitrogens is 4. The summed E-state index contributed by atoms with van der Waals surface area (Å²) >= 11 is 7.37. The minimum Gasteiger partial charge on any atom is -0.324 e. The summed E-state index contributed by atoms with van der Waals surface area (Å²) in [4.78, 5) is 12.7. The van der Waals surface area contributed by atoms with Gasteiger partial charge in [0.05, 0.1) is 20.9 Å². The second-order valence-electron chi connectivity index (χ2n) is 6.44. The Bertz CT molecular complexity index is 959. The average Bonchev–Trinajstić information content (AvgIpc) is 3.08. The molecule has 2 heterocycles. The Hall–Kier alpha value is -1.69. The Balaban J connectivity index is 1.76. The van der Waals surface area contributed by atoms with Gasteiger partial charge in [-0.3, -0.25) is 4.79 Å². The average molecular weight is 445 g/mol. The fourth-order valence-electron chi connectivity index (χ4n) is 2.78. The van der Waals surface area contributed by atoms with E-state index in [0.717, 1.165) is 19.3 Å². The predicted molar refractivity (Wildman–Crippen MR) is 107 cm³/mol. The molecular weight excluding hydrogens is 424 g/mol. The first-order chi connectivity index (χ1) is 13.3. The molecule has 0 spiro atoms. The zero-order valence-corrected chi connectivity index (χ0v) is 17.9. The van der Waals surface area contributed by atoms with E-state index in [1.807, 2.05) is 0 Å². The second-order valence-corrected chi connectivity index (χ2v) is 10.1. The van der Waals surface area contributed by atoms with E-state index in [0.29, 0.717) is 18.2 Å². The van der Waals surface area contributed by atoms with Crippen molar-refractivity contribution in [2.24, 2.45) is 7.05 Å². The fraction of sp³-hybridized carbons (Fsp3) is 0.500. The predicted octanol–water partition coefficient (Wildman–Crippen LogP) is 2.16. The molecule has 1 amide bonds. The molecule has 1 N–H and O–H groups in total. The largest absolute Gasteiger partial charge is 0.324 e. The number of hydrogen-bond acceptors (Lipinski definition) is 7. The highest BCUT2D eigenvalue weighted by Gasteiger charge is 2.27. The van der Waals surface area contributed by atoms with E-state index < -0.39 is 15.3 Å². The number of thioether (sulfide) groups is 1. The summed E-state index contributed by atoms with van der Waals surface area (Å²) < 4.78 is 28.7. The lowest BCUT2D eigenvalue weighted by Crippen LogP contribution is -2.35. The van der Waals surface area contributed by atoms with Crippen LogP contribution in [-0.2, 0) is 21.9 Å². The number of aryl methyl sites for hydroxylation is 1. The van der Waals surface area contributed by atoms with Gasteiger partial charge in [0.15, 0.2) is 0 Å². The van der Waals surface area contributed by atoms with Crippen molar-refractivity contribution in [2.45, 2.75) is 41.5 Å². The summed E-state index contributed by atoms with van der Waals surface area (Å²) in [5.74, 6) is -0.331. The number of tetrazole rings is 1. The molecule has 0 bridgehead atoms. The Morgan fingerprint density at radius 3 is 2.64 bits per heavy atom. The van der Waals surface area contributed by atoms with Crippen molar-refractivity contribution >= 4 is 45.0 Å². The van der Waals surface area contributed by atoms with E-state index >= 15 is 0 Å². The van der Waals surface area contributed by atoms with Crippen LogP contribution >= 0.6 is 23.4 Å². The molecule has 3 rings (SSSR count). The number of benzene rings is 1. The smallest absolute Gasteiger partial charge is 0.243 e. The van der Waals surface area contributed by atoms with E-state index in [-0.39, 0.29) is 21.5 Å². The highest BCUT2D eigenvalue weighted by Crippen LogP contribution is 2.29. The van der Waals surface area contributed by atoms with Gasteiger partial charge in [-0.25, -0.2) is 13.1 Å². The quantitative estimate of drug-likeness (QED) is 0.679. The first kappa shape index (κ1) is 21.0. The normalized spacial score (nSPS) is 16.7. The topological polar surface area (TPSA) is 110 Å². The maximum Gasteiger partial charge on any atom is 0.243 e. The summed E-state index contributed by atoms with van der Waals surface area (Å²) in [5.41, 5.74) is 0.258. The van der Waals surface area contributed by atoms with Crippen LogP contribution in [0.3, 0.4) is 0 Å². The van der Waals surface area contributed by atoms with Crippen LogP contribution in [0.25, 0.3) is 0 Å². The maximum atomic E-state index is 12.9. The zero-order valence-electron chi connectivity index (χ0n) is 15.5. The minimum atomic E-state index is -3.62. The van der Waals surface area contributed by atoms with E-state index in [2.05, 4.69) is 20.8 Å². The van der Waals surface area contributed by atoms with Gasteiger partial charge < -0.3 is 5.32 Å². The van der Waals surface area contributed by atoms with Crippen molar-refractivity contribution in [3.05, 3.63) is 23.2 Å². The molecule has 12 heteroatoms. The third-order valence-electron chi connectivity index (χ3n) is 4.38. The first-order valence-electron chi connectivity index (χ1n) is 8.78. The van der Waals surface area contributed by atoms with Crippen molar-refractivity contribution in [1.29, 1.82) is 0 Å². The number of rotatable bonds is 6. The number of amides is 1. The van der Waals surface area contributed by atoms with Crippen molar-refractivity contribution in [1.82, 2.24) is 24.5 Å². The molecule has 1 aliphatic rings. The molecule has 1 unspecified atom stereocenters. The molecule has 1 aliphatic heterocycles. The van der Waals surface area contributed by atoms with Crippen LogP contribution in [0, 0.1) is 0 Å². The van der Waals surface area contributed by atoms with Crippen LogP contribution in [-0.4, -0.2) is 57.2 Å². The van der Waals surface area contributed by atoms with Gasteiger partial charge in [0.1, 0.15) is 0 Å². The summed E-state index contributed by atoms with van der Waals surface area (Å²) in [5, 5.41) is 14.0. The van der Waals surface area contributed by atoms with Crippen LogP contribution in [0.1, 0.15) is 26.2 Å². The maximum absolute atomic E-state index is 12.9. The van der Waals surface area contributed by atoms with Gasteiger partial charge in [-0.1, -0.05) is 29.8 Å². The molecule has 0 aliphatic carbocycles. The number of piperidine rings is 1. The molecule has 1 saturated heterocycles. The molecule has 2 aromatic rings. The minimum absolute atomic E-state index is 0.118. The number of sulfonamides is 1. The second kappa shape index (κ2) is 8.76. The van der Waals surface area contributed by atoms with Gasteiger partial charge in [0.25, 0.3) is 0 Å². The highest BCUT2D eigenvalue weighted by molar-refractivity contribution is 8.00. The molecule has 152 valence electrons. The van der Waals surface area contributed by atoms with Gasteiger partial charge in [0.2, 0.25) is 21.1 Å². The highest BCUT2D eigenvalue weighted by atomic mass is 35.5. The number of carbonyl (C=O) groups excluding carboxylic acids is 1. The van der Waals surface area contributed by atoms with Gasteiger partial charge in [0, 0.05) is 20.1 Å². The number of nitrogens with zero attached hydrogens (tertiary/aromatic N) is 5. The third kappa shape index (κ3) is 4.65. The van der Waals surface area contributed by atoms with E-state index in [9.17, 15) is 13.2 Å². The first-order valence-corrected chi connectivity index (χ1v) is 11.5. The molecule has 0 radical (unpaired) electrons. The molecule has 9 nitrogen and oxygen atoms in total. The van der Waals surface area contributed by atoms with Crippen molar-refractivity contribution < 1.29 is 13.2 Å². The Kier molecular flexibility index (Phi) is 6.58. The summed E-state index contributed by atoms with van der Waals surface area (Å²) in [6, 6.07) is 4.36. The number of hydrogen-bond donors (Lipinski definition) is 1. The molecule has 0 saturated carbocycles. The van der Waals surface area contributed by atoms with Gasteiger partial charge in [-0.15, -0.1) is 5.10 Å². The van der Waals surface area contributed by atoms with Crippen molar-refractivity contribution in [2.75, 3.05) is 18.4 Å². The number of anilines is 1. The molecule has 1 fully saturated rings. The lowest BCUT2D eigenvalue weighted by atomic mass is 10.2. The summed E-state index contributed by atoms with van der Waals surface area (Å²) in [6.07, 6.45) is 2.73. The third-order valence-corrected chi connectivity index (χ3v) is 7.73. The Morgan fingerprint density at radius 2 is 2.00 bits per heavy atom.